The van der Waals surface area contributed by atoms with Crippen molar-refractivity contribution in [2.24, 2.45) is 0 Å². The standard InChI is InChI=1S/C13H28N2O3S/c1-12(2)15(9-10-18-3)19(16,17)11-5-4-8-14-13-6-7-13/h12-14H,4-11H2,1-3H3. The van der Waals surface area contributed by atoms with Gasteiger partial charge in [-0.1, -0.05) is 0 Å². The summed E-state index contributed by atoms with van der Waals surface area (Å²) in [6, 6.07) is 0.690. The minimum absolute atomic E-state index is 0.00950. The summed E-state index contributed by atoms with van der Waals surface area (Å²) in [7, 11) is -1.56. The molecule has 0 unspecified atom stereocenters. The maximum Gasteiger partial charge on any atom is 0.214 e. The second kappa shape index (κ2) is 8.19. The van der Waals surface area contributed by atoms with Crippen molar-refractivity contribution in [2.45, 2.75) is 51.6 Å². The molecular formula is C13H28N2O3S. The Morgan fingerprint density at radius 1 is 1.32 bits per heavy atom. The largest absolute Gasteiger partial charge is 0.383 e. The molecule has 1 aliphatic rings. The van der Waals surface area contributed by atoms with Crippen LogP contribution < -0.4 is 5.32 Å². The fourth-order valence-electron chi connectivity index (χ4n) is 2.02. The summed E-state index contributed by atoms with van der Waals surface area (Å²) in [5.74, 6) is 0.237. The summed E-state index contributed by atoms with van der Waals surface area (Å²) >= 11 is 0. The minimum Gasteiger partial charge on any atom is -0.383 e. The van der Waals surface area contributed by atoms with Gasteiger partial charge in [-0.25, -0.2) is 8.42 Å². The van der Waals surface area contributed by atoms with Gasteiger partial charge in [0.05, 0.1) is 12.4 Å². The van der Waals surface area contributed by atoms with Crippen molar-refractivity contribution < 1.29 is 13.2 Å². The molecule has 0 radical (unpaired) electrons. The highest BCUT2D eigenvalue weighted by molar-refractivity contribution is 7.89. The predicted molar refractivity (Wildman–Crippen MR) is 77.8 cm³/mol. The molecule has 0 aromatic carbocycles. The molecule has 0 heterocycles. The van der Waals surface area contributed by atoms with Crippen molar-refractivity contribution in [3.8, 4) is 0 Å². The smallest absolute Gasteiger partial charge is 0.214 e. The molecule has 1 N–H and O–H groups in total. The van der Waals surface area contributed by atoms with Crippen LogP contribution in [-0.2, 0) is 14.8 Å². The highest BCUT2D eigenvalue weighted by Crippen LogP contribution is 2.18. The summed E-state index contributed by atoms with van der Waals surface area (Å²) in [5.41, 5.74) is 0. The third-order valence-corrected chi connectivity index (χ3v) is 5.41. The van der Waals surface area contributed by atoms with Crippen LogP contribution in [0.5, 0.6) is 0 Å². The van der Waals surface area contributed by atoms with Gasteiger partial charge < -0.3 is 10.1 Å². The number of hydrogen-bond donors (Lipinski definition) is 1. The van der Waals surface area contributed by atoms with Crippen molar-refractivity contribution in [3.63, 3.8) is 0 Å². The molecule has 5 nitrogen and oxygen atoms in total. The number of rotatable bonds is 11. The first-order chi connectivity index (χ1) is 8.97. The molecule has 0 aromatic heterocycles. The maximum atomic E-state index is 12.2. The number of ether oxygens (including phenoxy) is 1. The normalized spacial score (nSPS) is 16.5. The first-order valence-electron chi connectivity index (χ1n) is 7.19. The molecule has 0 aromatic rings. The van der Waals surface area contributed by atoms with Crippen molar-refractivity contribution in [3.05, 3.63) is 0 Å². The molecule has 19 heavy (non-hydrogen) atoms. The second-order valence-corrected chi connectivity index (χ2v) is 7.49. The van der Waals surface area contributed by atoms with Crippen LogP contribution in [0, 0.1) is 0 Å². The van der Waals surface area contributed by atoms with Crippen LogP contribution in [0.2, 0.25) is 0 Å². The molecule has 1 rings (SSSR count). The van der Waals surface area contributed by atoms with E-state index in [1.165, 1.54) is 12.8 Å². The van der Waals surface area contributed by atoms with Crippen molar-refractivity contribution >= 4 is 10.0 Å². The van der Waals surface area contributed by atoms with E-state index < -0.39 is 10.0 Å². The van der Waals surface area contributed by atoms with Gasteiger partial charge in [0.25, 0.3) is 0 Å². The number of nitrogens with one attached hydrogen (secondary N) is 1. The van der Waals surface area contributed by atoms with Crippen molar-refractivity contribution in [1.82, 2.24) is 9.62 Å². The van der Waals surface area contributed by atoms with E-state index in [-0.39, 0.29) is 11.8 Å². The molecular weight excluding hydrogens is 264 g/mol. The lowest BCUT2D eigenvalue weighted by Gasteiger charge is -2.25. The van der Waals surface area contributed by atoms with Gasteiger partial charge in [0, 0.05) is 25.7 Å². The predicted octanol–water partition coefficient (Wildman–Crippen LogP) is 1.21. The molecule has 0 aliphatic heterocycles. The van der Waals surface area contributed by atoms with E-state index in [4.69, 9.17) is 4.74 Å². The number of sulfonamides is 1. The third kappa shape index (κ3) is 6.70. The van der Waals surface area contributed by atoms with E-state index in [9.17, 15) is 8.42 Å². The van der Waals surface area contributed by atoms with Crippen LogP contribution in [0.15, 0.2) is 0 Å². The molecule has 0 amide bonds. The van der Waals surface area contributed by atoms with Gasteiger partial charge in [-0.2, -0.15) is 4.31 Å². The third-order valence-electron chi connectivity index (χ3n) is 3.29. The second-order valence-electron chi connectivity index (χ2n) is 5.45. The zero-order chi connectivity index (χ0) is 14.3. The number of hydrogen-bond acceptors (Lipinski definition) is 4. The van der Waals surface area contributed by atoms with Crippen LogP contribution in [0.3, 0.4) is 0 Å². The van der Waals surface area contributed by atoms with Gasteiger partial charge >= 0.3 is 0 Å². The summed E-state index contributed by atoms with van der Waals surface area (Å²) in [4.78, 5) is 0. The van der Waals surface area contributed by atoms with Crippen LogP contribution in [0.25, 0.3) is 0 Å². The Morgan fingerprint density at radius 3 is 2.53 bits per heavy atom. The van der Waals surface area contributed by atoms with Crippen LogP contribution in [0.1, 0.15) is 39.5 Å². The summed E-state index contributed by atoms with van der Waals surface area (Å²) in [6.45, 7) is 5.63. The average Bonchev–Trinajstić information content (AvgIpc) is 3.12. The molecule has 1 fully saturated rings. The van der Waals surface area contributed by atoms with Gasteiger partial charge in [-0.3, -0.25) is 0 Å². The lowest BCUT2D eigenvalue weighted by Crippen LogP contribution is -2.40. The van der Waals surface area contributed by atoms with Crippen molar-refractivity contribution in [2.75, 3.05) is 32.6 Å². The molecule has 6 heteroatoms. The Bertz CT molecular complexity index is 340. The quantitative estimate of drug-likeness (QED) is 0.582. The van der Waals surface area contributed by atoms with E-state index in [0.717, 1.165) is 19.4 Å². The highest BCUT2D eigenvalue weighted by Gasteiger charge is 2.24. The van der Waals surface area contributed by atoms with E-state index in [1.54, 1.807) is 11.4 Å². The Kier molecular flexibility index (Phi) is 7.28. The molecule has 114 valence electrons. The van der Waals surface area contributed by atoms with Crippen LogP contribution >= 0.6 is 0 Å². The molecule has 1 aliphatic carbocycles. The lowest BCUT2D eigenvalue weighted by atomic mass is 10.3. The fourth-order valence-corrected chi connectivity index (χ4v) is 3.82. The molecule has 0 atom stereocenters. The first kappa shape index (κ1) is 16.9. The molecule has 0 bridgehead atoms. The topological polar surface area (TPSA) is 58.6 Å². The Morgan fingerprint density at radius 2 is 2.00 bits per heavy atom. The molecule has 0 saturated heterocycles. The number of methoxy groups -OCH3 is 1. The fraction of sp³-hybridized carbons (Fsp3) is 1.00. The van der Waals surface area contributed by atoms with E-state index in [1.807, 2.05) is 13.8 Å². The zero-order valence-electron chi connectivity index (χ0n) is 12.4. The minimum atomic E-state index is -3.15. The van der Waals surface area contributed by atoms with E-state index >= 15 is 0 Å². The van der Waals surface area contributed by atoms with Crippen LogP contribution in [-0.4, -0.2) is 57.4 Å². The number of unbranched alkanes of at least 4 members (excludes halogenated alkanes) is 1. The zero-order valence-corrected chi connectivity index (χ0v) is 13.2. The Hall–Kier alpha value is -0.170. The average molecular weight is 292 g/mol. The molecule has 1 saturated carbocycles. The lowest BCUT2D eigenvalue weighted by molar-refractivity contribution is 0.171. The van der Waals surface area contributed by atoms with E-state index in [2.05, 4.69) is 5.32 Å². The van der Waals surface area contributed by atoms with Gasteiger partial charge in [0.1, 0.15) is 0 Å². The van der Waals surface area contributed by atoms with E-state index in [0.29, 0.717) is 19.2 Å². The molecule has 0 spiro atoms. The van der Waals surface area contributed by atoms with Crippen molar-refractivity contribution in [1.29, 1.82) is 0 Å². The summed E-state index contributed by atoms with van der Waals surface area (Å²) < 4.78 is 31.0. The van der Waals surface area contributed by atoms with Gasteiger partial charge in [-0.15, -0.1) is 0 Å². The SMILES string of the molecule is COCCN(C(C)C)S(=O)(=O)CCCCNC1CC1. The van der Waals surface area contributed by atoms with Crippen LogP contribution in [0.4, 0.5) is 0 Å². The Balaban J connectivity index is 2.28. The Labute approximate surface area is 117 Å². The monoisotopic (exact) mass is 292 g/mol. The highest BCUT2D eigenvalue weighted by atomic mass is 32.2. The summed E-state index contributed by atoms with van der Waals surface area (Å²) in [6.07, 6.45) is 4.19. The van der Waals surface area contributed by atoms with Gasteiger partial charge in [-0.05, 0) is 46.1 Å². The first-order valence-corrected chi connectivity index (χ1v) is 8.80. The maximum absolute atomic E-state index is 12.2. The summed E-state index contributed by atoms with van der Waals surface area (Å²) in [5, 5.41) is 3.40. The van der Waals surface area contributed by atoms with Gasteiger partial charge in [0.2, 0.25) is 10.0 Å². The van der Waals surface area contributed by atoms with Gasteiger partial charge in [0.15, 0.2) is 0 Å². The number of nitrogens with zero attached hydrogens (tertiary/aromatic N) is 1.